The Morgan fingerprint density at radius 2 is 1.65 bits per heavy atom. The van der Waals surface area contributed by atoms with Gasteiger partial charge in [0.05, 0.1) is 5.56 Å². The van der Waals surface area contributed by atoms with Gasteiger partial charge in [-0.15, -0.1) is 0 Å². The van der Waals surface area contributed by atoms with E-state index in [0.717, 1.165) is 22.5 Å². The Morgan fingerprint density at radius 1 is 1.09 bits per heavy atom. The van der Waals surface area contributed by atoms with E-state index in [-0.39, 0.29) is 0 Å². The zero-order chi connectivity index (χ0) is 17.0. The van der Waals surface area contributed by atoms with Crippen molar-refractivity contribution >= 4 is 13.6 Å². The molecule has 4 nitrogen and oxygen atoms in total. The number of hydrogen-bond acceptors (Lipinski definition) is 4. The molecule has 0 fully saturated rings. The van der Waals surface area contributed by atoms with Crippen LogP contribution in [0.3, 0.4) is 0 Å². The summed E-state index contributed by atoms with van der Waals surface area (Å²) in [4.78, 5) is 12.4. The van der Waals surface area contributed by atoms with Crippen molar-refractivity contribution in [1.82, 2.24) is 0 Å². The fraction of sp³-hybridized carbons (Fsp3) is 0.167. The second-order valence-corrected chi connectivity index (χ2v) is 7.09. The molecule has 2 rings (SSSR count). The Balaban J connectivity index is 2.27. The first-order chi connectivity index (χ1) is 10.8. The third kappa shape index (κ3) is 4.11. The summed E-state index contributed by atoms with van der Waals surface area (Å²) >= 11 is 0. The molecule has 0 radical (unpaired) electrons. The van der Waals surface area contributed by atoms with E-state index < -0.39 is 13.6 Å². The van der Waals surface area contributed by atoms with Gasteiger partial charge in [-0.25, -0.2) is 9.36 Å². The summed E-state index contributed by atoms with van der Waals surface area (Å²) in [6.45, 7) is 9.04. The first kappa shape index (κ1) is 17.0. The van der Waals surface area contributed by atoms with Crippen molar-refractivity contribution in [2.45, 2.75) is 20.8 Å². The van der Waals surface area contributed by atoms with E-state index in [1.807, 2.05) is 32.9 Å². The predicted octanol–water partition coefficient (Wildman–Crippen LogP) is 5.18. The number of rotatable bonds is 5. The Morgan fingerprint density at radius 3 is 2.17 bits per heavy atom. The maximum Gasteiger partial charge on any atom is 0.457 e. The van der Waals surface area contributed by atoms with Gasteiger partial charge in [0.2, 0.25) is 0 Å². The van der Waals surface area contributed by atoms with E-state index in [9.17, 15) is 9.36 Å². The van der Waals surface area contributed by atoms with Gasteiger partial charge in [-0.1, -0.05) is 42.5 Å². The molecule has 0 saturated heterocycles. The molecule has 23 heavy (non-hydrogen) atoms. The van der Waals surface area contributed by atoms with Crippen molar-refractivity contribution in [3.05, 3.63) is 77.1 Å². The molecule has 0 aliphatic rings. The molecule has 0 amide bonds. The minimum Gasteiger partial charge on any atom is -0.413 e. The van der Waals surface area contributed by atoms with Crippen LogP contribution in [-0.2, 0) is 9.09 Å². The smallest absolute Gasteiger partial charge is 0.413 e. The summed E-state index contributed by atoms with van der Waals surface area (Å²) in [6, 6.07) is 12.3. The fourth-order valence-corrected chi connectivity index (χ4v) is 3.31. The molecule has 5 heteroatoms. The van der Waals surface area contributed by atoms with Crippen LogP contribution in [0.25, 0.3) is 0 Å². The van der Waals surface area contributed by atoms with Crippen molar-refractivity contribution in [3.63, 3.8) is 0 Å². The number of hydrogen-bond donors (Lipinski definition) is 0. The lowest BCUT2D eigenvalue weighted by molar-refractivity contribution is 0.0723. The Hall–Kier alpha value is -2.32. The molecule has 0 aromatic heterocycles. The lowest BCUT2D eigenvalue weighted by Crippen LogP contribution is -2.09. The molecule has 1 atom stereocenters. The number of carbonyl (C=O) groups is 1. The molecule has 0 saturated carbocycles. The number of benzene rings is 2. The second-order valence-electron chi connectivity index (χ2n) is 5.28. The topological polar surface area (TPSA) is 52.6 Å². The highest BCUT2D eigenvalue weighted by Gasteiger charge is 2.28. The van der Waals surface area contributed by atoms with Crippen LogP contribution in [0.4, 0.5) is 0 Å². The van der Waals surface area contributed by atoms with E-state index in [4.69, 9.17) is 9.05 Å². The maximum atomic E-state index is 12.6. The second kappa shape index (κ2) is 6.84. The van der Waals surface area contributed by atoms with Crippen LogP contribution in [0.5, 0.6) is 5.75 Å². The van der Waals surface area contributed by atoms with Gasteiger partial charge in [-0.3, -0.25) is 0 Å². The average molecular weight is 330 g/mol. The first-order valence-electron chi connectivity index (χ1n) is 7.14. The lowest BCUT2D eigenvalue weighted by atomic mass is 10.0. The van der Waals surface area contributed by atoms with Crippen molar-refractivity contribution in [1.29, 1.82) is 0 Å². The minimum absolute atomic E-state index is 0.348. The number of carbonyl (C=O) groups excluding carboxylic acids is 1. The van der Waals surface area contributed by atoms with E-state index in [2.05, 4.69) is 6.58 Å². The van der Waals surface area contributed by atoms with E-state index in [0.29, 0.717) is 11.3 Å². The van der Waals surface area contributed by atoms with Gasteiger partial charge < -0.3 is 9.05 Å². The molecule has 0 aliphatic heterocycles. The highest BCUT2D eigenvalue weighted by molar-refractivity contribution is 7.58. The van der Waals surface area contributed by atoms with Crippen LogP contribution in [0.2, 0.25) is 0 Å². The molecule has 0 bridgehead atoms. The lowest BCUT2D eigenvalue weighted by Gasteiger charge is -2.17. The van der Waals surface area contributed by atoms with Gasteiger partial charge in [0.15, 0.2) is 0 Å². The highest BCUT2D eigenvalue weighted by Crippen LogP contribution is 2.50. The molecular weight excluding hydrogens is 311 g/mol. The summed E-state index contributed by atoms with van der Waals surface area (Å²) in [5.74, 6) is 0.705. The van der Waals surface area contributed by atoms with Gasteiger partial charge in [0, 0.05) is 5.82 Å². The van der Waals surface area contributed by atoms with Gasteiger partial charge in [-0.2, -0.15) is 0 Å². The minimum atomic E-state index is -3.78. The largest absolute Gasteiger partial charge is 0.457 e. The Bertz CT molecular complexity index is 758. The fourth-order valence-electron chi connectivity index (χ4n) is 2.38. The van der Waals surface area contributed by atoms with Gasteiger partial charge in [0.1, 0.15) is 5.75 Å². The molecule has 0 heterocycles. The van der Waals surface area contributed by atoms with Gasteiger partial charge in [0.25, 0.3) is 0 Å². The van der Waals surface area contributed by atoms with Crippen LogP contribution < -0.4 is 4.52 Å². The summed E-state index contributed by atoms with van der Waals surface area (Å²) < 4.78 is 23.1. The van der Waals surface area contributed by atoms with Crippen molar-refractivity contribution in [2.24, 2.45) is 0 Å². The van der Waals surface area contributed by atoms with Crippen LogP contribution >= 0.6 is 7.60 Å². The number of aryl methyl sites for hydroxylation is 3. The average Bonchev–Trinajstić information content (AvgIpc) is 2.47. The molecular formula is C18H19O4P. The van der Waals surface area contributed by atoms with E-state index in [1.165, 1.54) is 0 Å². The molecule has 2 aromatic rings. The summed E-state index contributed by atoms with van der Waals surface area (Å²) in [5, 5.41) is 0. The van der Waals surface area contributed by atoms with Gasteiger partial charge in [-0.05, 0) is 44.0 Å². The summed E-state index contributed by atoms with van der Waals surface area (Å²) in [7, 11) is -3.78. The summed E-state index contributed by atoms with van der Waals surface area (Å²) in [5.41, 5.74) is 2.98. The predicted molar refractivity (Wildman–Crippen MR) is 90.9 cm³/mol. The normalized spacial score (nSPS) is 13.0. The van der Waals surface area contributed by atoms with E-state index >= 15 is 0 Å². The molecule has 1 unspecified atom stereocenters. The first-order valence-corrected chi connectivity index (χ1v) is 8.75. The molecule has 2 aromatic carbocycles. The van der Waals surface area contributed by atoms with Crippen LogP contribution in [0.15, 0.2) is 54.9 Å². The van der Waals surface area contributed by atoms with Crippen LogP contribution in [0, 0.1) is 20.8 Å². The molecule has 0 spiro atoms. The monoisotopic (exact) mass is 330 g/mol. The Labute approximate surface area is 136 Å². The van der Waals surface area contributed by atoms with Crippen molar-refractivity contribution in [2.75, 3.05) is 0 Å². The third-order valence-electron chi connectivity index (χ3n) is 3.29. The van der Waals surface area contributed by atoms with Crippen LogP contribution in [0.1, 0.15) is 27.0 Å². The Kier molecular flexibility index (Phi) is 5.07. The maximum absolute atomic E-state index is 12.6. The molecule has 120 valence electrons. The zero-order valence-electron chi connectivity index (χ0n) is 13.4. The summed E-state index contributed by atoms with van der Waals surface area (Å²) in [6.07, 6.45) is 0. The highest BCUT2D eigenvalue weighted by atomic mass is 31.2. The van der Waals surface area contributed by atoms with Gasteiger partial charge >= 0.3 is 13.6 Å². The molecule has 0 aliphatic carbocycles. The third-order valence-corrected chi connectivity index (χ3v) is 4.62. The number of para-hydroxylation sites is 1. The van der Waals surface area contributed by atoms with Crippen molar-refractivity contribution in [3.8, 4) is 5.75 Å². The zero-order valence-corrected chi connectivity index (χ0v) is 14.3. The van der Waals surface area contributed by atoms with Crippen LogP contribution in [-0.4, -0.2) is 5.97 Å². The van der Waals surface area contributed by atoms with Crippen molar-refractivity contribution < 1.29 is 18.4 Å². The standard InChI is InChI=1S/C18H19O4P/c1-5-23(20,21-16-9-7-6-8-10-16)22-18(19)17-14(3)11-13(2)12-15(17)4/h5-12H,1H2,2-4H3. The quantitative estimate of drug-likeness (QED) is 0.708. The van der Waals surface area contributed by atoms with E-state index in [1.54, 1.807) is 30.3 Å². The molecule has 0 N–H and O–H groups in total. The SMILES string of the molecule is C=CP(=O)(OC(=O)c1c(C)cc(C)cc1C)Oc1ccccc1.